The van der Waals surface area contributed by atoms with E-state index in [9.17, 15) is 2.74 Å². The molecule has 49 heavy (non-hydrogen) atoms. The summed E-state index contributed by atoms with van der Waals surface area (Å²) in [6.45, 7) is 4.75. The summed E-state index contributed by atoms with van der Waals surface area (Å²) in [6, 6.07) is 34.0. The Balaban J connectivity index is 0.000000326. The van der Waals surface area contributed by atoms with Gasteiger partial charge in [-0.3, -0.25) is 0 Å². The molecule has 0 aliphatic heterocycles. The summed E-state index contributed by atoms with van der Waals surface area (Å²) in [5, 5.41) is 1.43. The van der Waals surface area contributed by atoms with Gasteiger partial charge in [0.25, 0.3) is 0 Å². The average molecular weight is 832 g/mol. The van der Waals surface area contributed by atoms with E-state index >= 15 is 0 Å². The van der Waals surface area contributed by atoms with Crippen LogP contribution in [-0.2, 0) is 38.3 Å². The van der Waals surface area contributed by atoms with E-state index in [1.807, 2.05) is 65.0 Å². The van der Waals surface area contributed by atoms with Gasteiger partial charge in [0.2, 0.25) is 5.71 Å². The molecular weight excluding hydrogens is 779 g/mol. The maximum Gasteiger partial charge on any atom is 0.216 e. The van der Waals surface area contributed by atoms with Crippen LogP contribution in [0.1, 0.15) is 76.3 Å². The fraction of sp³-hybridized carbons (Fsp3) is 0.250. The van der Waals surface area contributed by atoms with Gasteiger partial charge in [-0.05, 0) is 89.1 Å². The predicted octanol–water partition coefficient (Wildman–Crippen LogP) is 11.1. The van der Waals surface area contributed by atoms with Crippen molar-refractivity contribution in [1.82, 2.24) is 15.0 Å². The van der Waals surface area contributed by atoms with Crippen LogP contribution in [0.25, 0.3) is 44.6 Å². The summed E-state index contributed by atoms with van der Waals surface area (Å²) in [7, 11) is 0. The molecule has 0 N–H and O–H groups in total. The van der Waals surface area contributed by atoms with Crippen LogP contribution in [-0.4, -0.2) is 15.0 Å². The van der Waals surface area contributed by atoms with Gasteiger partial charge in [-0.25, -0.2) is 4.98 Å². The van der Waals surface area contributed by atoms with Crippen molar-refractivity contribution in [1.29, 1.82) is 0 Å². The molecule has 0 fully saturated rings. The van der Waals surface area contributed by atoms with E-state index in [1.54, 1.807) is 66.9 Å². The van der Waals surface area contributed by atoms with Crippen LogP contribution in [0.15, 0.2) is 114 Å². The first-order chi connectivity index (χ1) is 26.9. The second-order valence-corrected chi connectivity index (χ2v) is 13.1. The molecule has 4 heterocycles. The molecule has 0 unspecified atom stereocenters. The van der Waals surface area contributed by atoms with Gasteiger partial charge in [0.15, 0.2) is 0 Å². The van der Waals surface area contributed by atoms with E-state index in [2.05, 4.69) is 27.1 Å². The molecule has 0 aliphatic carbocycles. The molecule has 7 aromatic rings. The zero-order valence-corrected chi connectivity index (χ0v) is 30.4. The summed E-state index contributed by atoms with van der Waals surface area (Å²) < 4.78 is 86.3. The first kappa shape index (κ1) is 24.7. The maximum atomic E-state index is 9.18. The normalized spacial score (nSPS) is 15.7. The van der Waals surface area contributed by atoms with Crippen LogP contribution in [0.5, 0.6) is 0 Å². The third kappa shape index (κ3) is 8.78. The largest absolute Gasteiger partial charge is 0.486 e. The Hall–Kier alpha value is -4.44. The minimum absolute atomic E-state index is 0. The topological polar surface area (TPSA) is 51.8 Å². The number of pyridine rings is 3. The number of hydrogen-bond acceptors (Lipinski definition) is 4. The minimum Gasteiger partial charge on any atom is -0.486 e. The Kier molecular flexibility index (Phi) is 7.54. The molecule has 0 saturated heterocycles. The summed E-state index contributed by atoms with van der Waals surface area (Å²) in [5.74, 6) is 0. The Morgan fingerprint density at radius 2 is 1.55 bits per heavy atom. The van der Waals surface area contributed by atoms with E-state index in [0.717, 1.165) is 16.6 Å². The average Bonchev–Trinajstić information content (AvgIpc) is 3.56. The van der Waals surface area contributed by atoms with Crippen molar-refractivity contribution < 1.29 is 38.2 Å². The summed E-state index contributed by atoms with van der Waals surface area (Å²) >= 11 is 0. The van der Waals surface area contributed by atoms with E-state index in [1.165, 1.54) is 12.3 Å². The zero-order chi connectivity index (χ0) is 42.5. The van der Waals surface area contributed by atoms with Crippen LogP contribution in [0.4, 0.5) is 0 Å². The van der Waals surface area contributed by atoms with Crippen LogP contribution in [0, 0.1) is 31.3 Å². The van der Waals surface area contributed by atoms with Crippen molar-refractivity contribution in [2.75, 3.05) is 0 Å². The van der Waals surface area contributed by atoms with Crippen molar-refractivity contribution in [3.8, 4) is 22.5 Å². The van der Waals surface area contributed by atoms with Crippen molar-refractivity contribution in [2.24, 2.45) is 5.41 Å². The molecule has 0 bridgehead atoms. The van der Waals surface area contributed by atoms with Crippen LogP contribution in [0.3, 0.4) is 0 Å². The van der Waals surface area contributed by atoms with Gasteiger partial charge < -0.3 is 14.4 Å². The number of benzene rings is 3. The number of aromatic nitrogens is 3. The SMILES string of the molecule is [2H]C([2H])([2H])c1ccc(-c2[c-]cccc2)nc1.[2H]C([2H])([2H])c1ccc2c(n1)oc1c(-c3cc(C(C)(C)C([2H])([2H])c4ccc(C([2H])([2H])C(C)(C)C)cc4)ccn3)[c-]ccc12.[Ir]. The maximum absolute atomic E-state index is 9.18. The Bertz CT molecular complexity index is 2540. The molecule has 4 aromatic heterocycles. The second kappa shape index (κ2) is 15.0. The standard InChI is InChI=1S/C32H33N2O.C12H10N.Ir/c1-21-10-15-26-25-8-7-9-27(29(25)35-30(26)34-21)28-18-24(16-17-33-28)32(5,6)20-23-13-11-22(12-14-23)19-31(2,3)4;1-10-7-8-12(13-9-10)11-5-3-2-4-6-11;/h7-8,10-18H,19-20H2,1-6H3;2-5,7-9H,1H3;/q2*-1;/i1D3,19D2,20D2;1D3;. The third-order valence-electron chi connectivity index (χ3n) is 7.65. The van der Waals surface area contributed by atoms with Gasteiger partial charge in [-0.15, -0.1) is 54.1 Å². The molecular formula is C44H43IrN3O-2. The number of aryl methyl sites for hydroxylation is 2. The predicted molar refractivity (Wildman–Crippen MR) is 198 cm³/mol. The third-order valence-corrected chi connectivity index (χ3v) is 7.65. The monoisotopic (exact) mass is 832 g/mol. The van der Waals surface area contributed by atoms with Gasteiger partial charge in [0.1, 0.15) is 0 Å². The first-order valence-corrected chi connectivity index (χ1v) is 15.7. The molecule has 5 heteroatoms. The molecule has 0 amide bonds. The zero-order valence-electron chi connectivity index (χ0n) is 38.0. The van der Waals surface area contributed by atoms with Gasteiger partial charge in [-0.2, -0.15) is 0 Å². The molecule has 0 atom stereocenters. The Morgan fingerprint density at radius 3 is 2.22 bits per heavy atom. The van der Waals surface area contributed by atoms with Crippen molar-refractivity contribution in [2.45, 2.75) is 66.5 Å². The Labute approximate surface area is 318 Å². The minimum atomic E-state index is -2.36. The smallest absolute Gasteiger partial charge is 0.216 e. The van der Waals surface area contributed by atoms with Crippen LogP contribution < -0.4 is 0 Å². The quantitative estimate of drug-likeness (QED) is 0.157. The fourth-order valence-corrected chi connectivity index (χ4v) is 5.38. The fourth-order valence-electron chi connectivity index (χ4n) is 5.38. The van der Waals surface area contributed by atoms with Crippen LogP contribution >= 0.6 is 0 Å². The molecule has 0 aliphatic rings. The molecule has 1 radical (unpaired) electrons. The molecule has 0 spiro atoms. The summed E-state index contributed by atoms with van der Waals surface area (Å²) in [5.41, 5.74) is 3.61. The van der Waals surface area contributed by atoms with E-state index < -0.39 is 37.3 Å². The Morgan fingerprint density at radius 1 is 0.755 bits per heavy atom. The first-order valence-electron chi connectivity index (χ1n) is 20.7. The van der Waals surface area contributed by atoms with Gasteiger partial charge in [-0.1, -0.05) is 88.0 Å². The summed E-state index contributed by atoms with van der Waals surface area (Å²) in [4.78, 5) is 12.9. The molecule has 251 valence electrons. The van der Waals surface area contributed by atoms with E-state index in [4.69, 9.17) is 15.4 Å². The molecule has 0 saturated carbocycles. The summed E-state index contributed by atoms with van der Waals surface area (Å²) in [6.07, 6.45) is -0.373. The number of nitrogens with zero attached hydrogens (tertiary/aromatic N) is 3. The van der Waals surface area contributed by atoms with Gasteiger partial charge in [0, 0.05) is 57.3 Å². The molecule has 3 aromatic carbocycles. The van der Waals surface area contributed by atoms with Crippen LogP contribution in [0.2, 0.25) is 0 Å². The van der Waals surface area contributed by atoms with Crippen molar-refractivity contribution in [3.05, 3.63) is 150 Å². The molecule has 7 rings (SSSR count). The van der Waals surface area contributed by atoms with Crippen molar-refractivity contribution in [3.63, 3.8) is 0 Å². The number of fused-ring (bicyclic) bond motifs is 3. The van der Waals surface area contributed by atoms with E-state index in [0.29, 0.717) is 38.9 Å². The van der Waals surface area contributed by atoms with Gasteiger partial charge >= 0.3 is 0 Å². The second-order valence-electron chi connectivity index (χ2n) is 13.1. The van der Waals surface area contributed by atoms with Crippen molar-refractivity contribution >= 4 is 22.1 Å². The number of furan rings is 1. The van der Waals surface area contributed by atoms with Gasteiger partial charge in [0.05, 0.1) is 5.58 Å². The molecule has 4 nitrogen and oxygen atoms in total. The number of hydrogen-bond donors (Lipinski definition) is 0. The van der Waals surface area contributed by atoms with E-state index in [-0.39, 0.29) is 37.1 Å². The number of rotatable bonds is 6.